The second-order valence-electron chi connectivity index (χ2n) is 8.39. The van der Waals surface area contributed by atoms with Gasteiger partial charge >= 0.3 is 5.97 Å². The molecule has 8 heteroatoms. The Bertz CT molecular complexity index is 1020. The molecule has 2 amide bonds. The average Bonchev–Trinajstić information content (AvgIpc) is 2.97. The van der Waals surface area contributed by atoms with Crippen LogP contribution in [0.3, 0.4) is 0 Å². The molecule has 1 aliphatic rings. The van der Waals surface area contributed by atoms with Gasteiger partial charge in [0, 0.05) is 18.2 Å². The summed E-state index contributed by atoms with van der Waals surface area (Å²) >= 11 is 0. The summed E-state index contributed by atoms with van der Waals surface area (Å²) in [5.41, 5.74) is 0.899. The van der Waals surface area contributed by atoms with Crippen LogP contribution in [0.25, 0.3) is 0 Å². The van der Waals surface area contributed by atoms with Crippen molar-refractivity contribution in [3.8, 4) is 0 Å². The molecular weight excluding hydrogens is 400 g/mol. The number of benzene rings is 2. The molecule has 2 aromatic rings. The van der Waals surface area contributed by atoms with Gasteiger partial charge in [0.05, 0.1) is 28.2 Å². The topological polar surface area (TPSA) is 107 Å². The van der Waals surface area contributed by atoms with E-state index in [1.165, 1.54) is 17.0 Å². The van der Waals surface area contributed by atoms with E-state index in [1.807, 2.05) is 20.8 Å². The Balaban J connectivity index is 1.52. The molecule has 8 nitrogen and oxygen atoms in total. The first-order chi connectivity index (χ1) is 14.6. The fourth-order valence-corrected chi connectivity index (χ4v) is 3.51. The Labute approximate surface area is 180 Å². The van der Waals surface area contributed by atoms with Gasteiger partial charge in [-0.15, -0.1) is 0 Å². The predicted molar refractivity (Wildman–Crippen MR) is 113 cm³/mol. The molecule has 0 bridgehead atoms. The molecule has 31 heavy (non-hydrogen) atoms. The number of imide groups is 1. The van der Waals surface area contributed by atoms with Crippen molar-refractivity contribution in [2.45, 2.75) is 39.0 Å². The highest BCUT2D eigenvalue weighted by molar-refractivity contribution is 6.21. The highest BCUT2D eigenvalue weighted by atomic mass is 16.6. The van der Waals surface area contributed by atoms with Crippen LogP contribution in [0.15, 0.2) is 42.5 Å². The van der Waals surface area contributed by atoms with Gasteiger partial charge in [0.2, 0.25) is 0 Å². The van der Waals surface area contributed by atoms with Crippen LogP contribution >= 0.6 is 0 Å². The molecule has 0 atom stereocenters. The zero-order valence-electron chi connectivity index (χ0n) is 17.7. The van der Waals surface area contributed by atoms with Crippen LogP contribution in [0.1, 0.15) is 70.3 Å². The van der Waals surface area contributed by atoms with E-state index in [-0.39, 0.29) is 36.2 Å². The van der Waals surface area contributed by atoms with Crippen molar-refractivity contribution in [2.75, 3.05) is 13.2 Å². The highest BCUT2D eigenvalue weighted by Gasteiger charge is 2.34. The minimum absolute atomic E-state index is 0.0802. The lowest BCUT2D eigenvalue weighted by molar-refractivity contribution is -0.386. The molecule has 0 saturated carbocycles. The van der Waals surface area contributed by atoms with Crippen molar-refractivity contribution in [1.82, 2.24) is 4.90 Å². The van der Waals surface area contributed by atoms with Gasteiger partial charge in [-0.2, -0.15) is 0 Å². The number of nitrogens with zero attached hydrogens (tertiary/aromatic N) is 2. The van der Waals surface area contributed by atoms with Gasteiger partial charge in [-0.25, -0.2) is 4.79 Å². The first-order valence-corrected chi connectivity index (χ1v) is 10.0. The second-order valence-corrected chi connectivity index (χ2v) is 8.39. The van der Waals surface area contributed by atoms with Crippen molar-refractivity contribution in [3.63, 3.8) is 0 Å². The van der Waals surface area contributed by atoms with E-state index in [4.69, 9.17) is 4.74 Å². The SMILES string of the molecule is CC(C)(C)c1ccc(C(=O)OCCCCN2C(=O)c3ccccc3C2=O)cc1[N+](=O)[O-]. The first-order valence-electron chi connectivity index (χ1n) is 10.0. The van der Waals surface area contributed by atoms with E-state index in [2.05, 4.69) is 0 Å². The number of ether oxygens (including phenoxy) is 1. The third-order valence-electron chi connectivity index (χ3n) is 5.13. The van der Waals surface area contributed by atoms with Gasteiger partial charge in [0.25, 0.3) is 17.5 Å². The van der Waals surface area contributed by atoms with E-state index < -0.39 is 16.3 Å². The van der Waals surface area contributed by atoms with Crippen LogP contribution in [0.2, 0.25) is 0 Å². The number of carbonyl (C=O) groups is 3. The number of fused-ring (bicyclic) bond motifs is 1. The number of amides is 2. The summed E-state index contributed by atoms with van der Waals surface area (Å²) in [6.45, 7) is 5.90. The summed E-state index contributed by atoms with van der Waals surface area (Å²) in [6.07, 6.45) is 0.920. The van der Waals surface area contributed by atoms with Gasteiger partial charge < -0.3 is 4.74 Å². The molecule has 0 spiro atoms. The minimum Gasteiger partial charge on any atom is -0.462 e. The van der Waals surface area contributed by atoms with Gasteiger partial charge in [-0.05, 0) is 36.5 Å². The number of rotatable bonds is 7. The van der Waals surface area contributed by atoms with E-state index >= 15 is 0 Å². The molecular formula is C23H24N2O6. The van der Waals surface area contributed by atoms with Gasteiger partial charge in [-0.1, -0.05) is 39.0 Å². The molecule has 1 aliphatic heterocycles. The molecule has 0 saturated heterocycles. The lowest BCUT2D eigenvalue weighted by Crippen LogP contribution is -2.30. The monoisotopic (exact) mass is 424 g/mol. The van der Waals surface area contributed by atoms with Crippen LogP contribution in [-0.2, 0) is 10.2 Å². The van der Waals surface area contributed by atoms with Crippen LogP contribution in [0, 0.1) is 10.1 Å². The summed E-state index contributed by atoms with van der Waals surface area (Å²) in [5.74, 6) is -1.28. The zero-order valence-corrected chi connectivity index (χ0v) is 17.7. The molecule has 0 aromatic heterocycles. The van der Waals surface area contributed by atoms with Crippen molar-refractivity contribution in [1.29, 1.82) is 0 Å². The maximum Gasteiger partial charge on any atom is 0.338 e. The number of unbranched alkanes of at least 4 members (excludes halogenated alkanes) is 1. The lowest BCUT2D eigenvalue weighted by Gasteiger charge is -2.19. The summed E-state index contributed by atoms with van der Waals surface area (Å²) in [5, 5.41) is 11.4. The predicted octanol–water partition coefficient (Wildman–Crippen LogP) is 4.13. The van der Waals surface area contributed by atoms with E-state index in [9.17, 15) is 24.5 Å². The number of hydrogen-bond donors (Lipinski definition) is 0. The van der Waals surface area contributed by atoms with E-state index in [1.54, 1.807) is 30.3 Å². The minimum atomic E-state index is -0.649. The van der Waals surface area contributed by atoms with Crippen molar-refractivity contribution in [2.24, 2.45) is 0 Å². The Kier molecular flexibility index (Phi) is 6.19. The Hall–Kier alpha value is -3.55. The third-order valence-corrected chi connectivity index (χ3v) is 5.13. The Morgan fingerprint density at radius 2 is 1.65 bits per heavy atom. The molecule has 1 heterocycles. The van der Waals surface area contributed by atoms with Crippen molar-refractivity contribution in [3.05, 3.63) is 74.8 Å². The summed E-state index contributed by atoms with van der Waals surface area (Å²) in [7, 11) is 0. The van der Waals surface area contributed by atoms with Gasteiger partial charge in [0.1, 0.15) is 0 Å². The maximum atomic E-state index is 12.3. The van der Waals surface area contributed by atoms with Crippen LogP contribution in [0.5, 0.6) is 0 Å². The molecule has 0 unspecified atom stereocenters. The fraction of sp³-hybridized carbons (Fsp3) is 0.348. The number of hydrogen-bond acceptors (Lipinski definition) is 6. The quantitative estimate of drug-likeness (QED) is 0.217. The Morgan fingerprint density at radius 3 is 2.19 bits per heavy atom. The molecule has 2 aromatic carbocycles. The van der Waals surface area contributed by atoms with Crippen LogP contribution in [-0.4, -0.2) is 40.8 Å². The summed E-state index contributed by atoms with van der Waals surface area (Å²) in [4.78, 5) is 49.0. The zero-order chi connectivity index (χ0) is 22.8. The normalized spacial score (nSPS) is 13.3. The number of esters is 1. The van der Waals surface area contributed by atoms with Crippen molar-refractivity contribution >= 4 is 23.5 Å². The number of carbonyl (C=O) groups excluding carboxylic acids is 3. The number of nitro benzene ring substituents is 1. The first kappa shape index (κ1) is 22.1. The highest BCUT2D eigenvalue weighted by Crippen LogP contribution is 2.32. The van der Waals surface area contributed by atoms with Crippen molar-refractivity contribution < 1.29 is 24.0 Å². The molecule has 0 aliphatic carbocycles. The average molecular weight is 424 g/mol. The molecule has 162 valence electrons. The van der Waals surface area contributed by atoms with Crippen LogP contribution < -0.4 is 0 Å². The summed E-state index contributed by atoms with van der Waals surface area (Å²) < 4.78 is 5.22. The standard InChI is InChI=1S/C23H24N2O6/c1-23(2,3)18-11-10-15(14-19(18)25(29)30)22(28)31-13-7-6-12-24-20(26)16-8-4-5-9-17(16)21(24)27/h4-5,8-11,14H,6-7,12-13H2,1-3H3. The summed E-state index contributed by atoms with van der Waals surface area (Å²) in [6, 6.07) is 11.0. The molecule has 3 rings (SSSR count). The Morgan fingerprint density at radius 1 is 1.03 bits per heavy atom. The number of nitro groups is 1. The molecule has 0 N–H and O–H groups in total. The molecule has 0 radical (unpaired) electrons. The van der Waals surface area contributed by atoms with Gasteiger partial charge in [-0.3, -0.25) is 24.6 Å². The molecule has 0 fully saturated rings. The van der Waals surface area contributed by atoms with E-state index in [0.29, 0.717) is 29.5 Å². The second kappa shape index (κ2) is 8.67. The smallest absolute Gasteiger partial charge is 0.338 e. The largest absolute Gasteiger partial charge is 0.462 e. The fourth-order valence-electron chi connectivity index (χ4n) is 3.51. The lowest BCUT2D eigenvalue weighted by atomic mass is 9.85. The maximum absolute atomic E-state index is 12.3. The van der Waals surface area contributed by atoms with E-state index in [0.717, 1.165) is 0 Å². The van der Waals surface area contributed by atoms with Crippen LogP contribution in [0.4, 0.5) is 5.69 Å². The third kappa shape index (κ3) is 4.63. The van der Waals surface area contributed by atoms with Gasteiger partial charge in [0.15, 0.2) is 0 Å².